The maximum absolute atomic E-state index is 11.6. The van der Waals surface area contributed by atoms with Crippen LogP contribution in [0.3, 0.4) is 0 Å². The minimum Gasteiger partial charge on any atom is -0.360 e. The third-order valence-corrected chi connectivity index (χ3v) is 1.98. The molecule has 4 heteroatoms. The molecule has 0 bridgehead atoms. The number of nitrogens with one attached hydrogen (secondary N) is 1. The molecule has 1 heterocycles. The highest BCUT2D eigenvalue weighted by Gasteiger charge is 2.21. The fourth-order valence-corrected chi connectivity index (χ4v) is 1.31. The van der Waals surface area contributed by atoms with E-state index >= 15 is 0 Å². The molecule has 4 nitrogen and oxygen atoms in total. The van der Waals surface area contributed by atoms with Crippen LogP contribution in [0.1, 0.15) is 48.5 Å². The zero-order valence-electron chi connectivity index (χ0n) is 9.05. The molecule has 1 amide bonds. The minimum absolute atomic E-state index is 0.102. The van der Waals surface area contributed by atoms with Gasteiger partial charge in [-0.2, -0.15) is 0 Å². The van der Waals surface area contributed by atoms with Crippen LogP contribution >= 0.6 is 0 Å². The summed E-state index contributed by atoms with van der Waals surface area (Å²) in [6.07, 6.45) is 0. The number of aromatic nitrogens is 1. The van der Waals surface area contributed by atoms with E-state index in [-0.39, 0.29) is 11.8 Å². The van der Waals surface area contributed by atoms with Crippen LogP contribution in [0.15, 0.2) is 4.52 Å². The van der Waals surface area contributed by atoms with Gasteiger partial charge in [0.05, 0.1) is 5.69 Å². The van der Waals surface area contributed by atoms with Crippen molar-refractivity contribution in [3.8, 4) is 0 Å². The maximum atomic E-state index is 11.6. The molecule has 1 aromatic rings. The van der Waals surface area contributed by atoms with E-state index in [9.17, 15) is 4.79 Å². The summed E-state index contributed by atoms with van der Waals surface area (Å²) in [5, 5.41) is 6.55. The van der Waals surface area contributed by atoms with E-state index in [1.54, 1.807) is 6.92 Å². The van der Waals surface area contributed by atoms with Gasteiger partial charge in [0.2, 0.25) is 0 Å². The number of carbonyl (C=O) groups excluding carboxylic acids is 1. The van der Waals surface area contributed by atoms with Crippen LogP contribution in [0.25, 0.3) is 0 Å². The van der Waals surface area contributed by atoms with Gasteiger partial charge in [-0.1, -0.05) is 19.0 Å². The summed E-state index contributed by atoms with van der Waals surface area (Å²) in [7, 11) is 0. The van der Waals surface area contributed by atoms with Crippen molar-refractivity contribution in [2.45, 2.75) is 33.6 Å². The number of amides is 1. The smallest absolute Gasteiger partial charge is 0.256 e. The van der Waals surface area contributed by atoms with E-state index in [4.69, 9.17) is 4.52 Å². The van der Waals surface area contributed by atoms with Crippen LogP contribution in [0, 0.1) is 6.92 Å². The van der Waals surface area contributed by atoms with Gasteiger partial charge < -0.3 is 9.84 Å². The Morgan fingerprint density at radius 3 is 2.71 bits per heavy atom. The van der Waals surface area contributed by atoms with Crippen molar-refractivity contribution in [3.05, 3.63) is 17.0 Å². The first-order valence-electron chi connectivity index (χ1n) is 4.82. The van der Waals surface area contributed by atoms with Crippen LogP contribution in [0.5, 0.6) is 0 Å². The second-order valence-electron chi connectivity index (χ2n) is 3.52. The van der Waals surface area contributed by atoms with Gasteiger partial charge in [0.15, 0.2) is 5.76 Å². The van der Waals surface area contributed by atoms with Crippen LogP contribution in [-0.2, 0) is 0 Å². The SMILES string of the molecule is CCNC(=O)c1c(C)noc1C(C)C. The van der Waals surface area contributed by atoms with Crippen molar-refractivity contribution in [1.82, 2.24) is 10.5 Å². The number of nitrogens with zero attached hydrogens (tertiary/aromatic N) is 1. The Bertz CT molecular complexity index is 329. The third kappa shape index (κ3) is 1.95. The molecule has 0 spiro atoms. The molecule has 0 radical (unpaired) electrons. The highest BCUT2D eigenvalue weighted by atomic mass is 16.5. The van der Waals surface area contributed by atoms with Crippen molar-refractivity contribution in [3.63, 3.8) is 0 Å². The zero-order chi connectivity index (χ0) is 10.7. The molecule has 1 aromatic heterocycles. The van der Waals surface area contributed by atoms with Crippen LogP contribution in [0.4, 0.5) is 0 Å². The number of hydrogen-bond acceptors (Lipinski definition) is 3. The Hall–Kier alpha value is -1.32. The van der Waals surface area contributed by atoms with Crippen LogP contribution in [0.2, 0.25) is 0 Å². The predicted molar refractivity (Wildman–Crippen MR) is 53.3 cm³/mol. The maximum Gasteiger partial charge on any atom is 0.256 e. The topological polar surface area (TPSA) is 55.1 Å². The van der Waals surface area contributed by atoms with Crippen molar-refractivity contribution in [2.24, 2.45) is 0 Å². The second-order valence-corrected chi connectivity index (χ2v) is 3.52. The van der Waals surface area contributed by atoms with Gasteiger partial charge in [-0.25, -0.2) is 0 Å². The van der Waals surface area contributed by atoms with Gasteiger partial charge >= 0.3 is 0 Å². The molecule has 78 valence electrons. The monoisotopic (exact) mass is 196 g/mol. The van der Waals surface area contributed by atoms with E-state index in [2.05, 4.69) is 10.5 Å². The normalized spacial score (nSPS) is 10.6. The first-order chi connectivity index (χ1) is 6.57. The molecule has 0 aliphatic rings. The largest absolute Gasteiger partial charge is 0.360 e. The van der Waals surface area contributed by atoms with Crippen LogP contribution < -0.4 is 5.32 Å². The van der Waals surface area contributed by atoms with Crippen molar-refractivity contribution < 1.29 is 9.32 Å². The summed E-state index contributed by atoms with van der Waals surface area (Å²) >= 11 is 0. The molecular weight excluding hydrogens is 180 g/mol. The summed E-state index contributed by atoms with van der Waals surface area (Å²) in [6.45, 7) is 8.22. The average molecular weight is 196 g/mol. The molecule has 0 aliphatic heterocycles. The molecule has 0 saturated heterocycles. The van der Waals surface area contributed by atoms with Gasteiger partial charge in [-0.15, -0.1) is 0 Å². The molecular formula is C10H16N2O2. The lowest BCUT2D eigenvalue weighted by Crippen LogP contribution is -2.24. The lowest BCUT2D eigenvalue weighted by molar-refractivity contribution is 0.0953. The number of hydrogen-bond donors (Lipinski definition) is 1. The molecule has 0 atom stereocenters. The highest BCUT2D eigenvalue weighted by molar-refractivity contribution is 5.96. The van der Waals surface area contributed by atoms with Gasteiger partial charge in [-0.05, 0) is 13.8 Å². The van der Waals surface area contributed by atoms with Gasteiger partial charge in [0, 0.05) is 12.5 Å². The molecule has 0 unspecified atom stereocenters. The first kappa shape index (κ1) is 10.8. The Morgan fingerprint density at radius 1 is 1.57 bits per heavy atom. The summed E-state index contributed by atoms with van der Waals surface area (Å²) in [6, 6.07) is 0. The van der Waals surface area contributed by atoms with Crippen LogP contribution in [-0.4, -0.2) is 17.6 Å². The zero-order valence-corrected chi connectivity index (χ0v) is 9.05. The number of carbonyl (C=O) groups is 1. The van der Waals surface area contributed by atoms with Crippen molar-refractivity contribution in [2.75, 3.05) is 6.54 Å². The van der Waals surface area contributed by atoms with Gasteiger partial charge in [-0.3, -0.25) is 4.79 Å². The summed E-state index contributed by atoms with van der Waals surface area (Å²) in [5.41, 5.74) is 1.24. The Labute approximate surface area is 83.7 Å². The quantitative estimate of drug-likeness (QED) is 0.802. The molecule has 0 saturated carbocycles. The highest BCUT2D eigenvalue weighted by Crippen LogP contribution is 2.21. The summed E-state index contributed by atoms with van der Waals surface area (Å²) in [4.78, 5) is 11.6. The van der Waals surface area contributed by atoms with E-state index in [0.717, 1.165) is 0 Å². The molecule has 14 heavy (non-hydrogen) atoms. The molecule has 1 rings (SSSR count). The molecule has 1 N–H and O–H groups in total. The van der Waals surface area contributed by atoms with Gasteiger partial charge in [0.1, 0.15) is 5.56 Å². The average Bonchev–Trinajstić information content (AvgIpc) is 2.47. The Kier molecular flexibility index (Phi) is 3.28. The molecule has 0 aliphatic carbocycles. The lowest BCUT2D eigenvalue weighted by atomic mass is 10.0. The van der Waals surface area contributed by atoms with E-state index in [1.807, 2.05) is 20.8 Å². The predicted octanol–water partition coefficient (Wildman–Crippen LogP) is 1.86. The Morgan fingerprint density at radius 2 is 2.21 bits per heavy atom. The Balaban J connectivity index is 3.04. The standard InChI is InChI=1S/C10H16N2O2/c1-5-11-10(13)8-7(4)12-14-9(8)6(2)3/h6H,5H2,1-4H3,(H,11,13). The van der Waals surface area contributed by atoms with Crippen molar-refractivity contribution >= 4 is 5.91 Å². The minimum atomic E-state index is -0.102. The number of aryl methyl sites for hydroxylation is 1. The third-order valence-electron chi connectivity index (χ3n) is 1.98. The molecule has 0 fully saturated rings. The molecule has 0 aromatic carbocycles. The fraction of sp³-hybridized carbons (Fsp3) is 0.600. The number of rotatable bonds is 3. The summed E-state index contributed by atoms with van der Waals surface area (Å²) < 4.78 is 5.11. The second kappa shape index (κ2) is 4.26. The van der Waals surface area contributed by atoms with E-state index < -0.39 is 0 Å². The van der Waals surface area contributed by atoms with Crippen molar-refractivity contribution in [1.29, 1.82) is 0 Å². The lowest BCUT2D eigenvalue weighted by Gasteiger charge is -2.04. The van der Waals surface area contributed by atoms with E-state index in [1.165, 1.54) is 0 Å². The fourth-order valence-electron chi connectivity index (χ4n) is 1.31. The van der Waals surface area contributed by atoms with E-state index in [0.29, 0.717) is 23.6 Å². The van der Waals surface area contributed by atoms with Gasteiger partial charge in [0.25, 0.3) is 5.91 Å². The first-order valence-corrected chi connectivity index (χ1v) is 4.82. The summed E-state index contributed by atoms with van der Waals surface area (Å²) in [5.74, 6) is 0.734.